The maximum atomic E-state index is 5.76. The molecule has 1 aromatic carbocycles. The third-order valence-electron chi connectivity index (χ3n) is 2.10. The highest BCUT2D eigenvalue weighted by molar-refractivity contribution is 7.99. The van der Waals surface area contributed by atoms with Crippen molar-refractivity contribution in [1.82, 2.24) is 0 Å². The van der Waals surface area contributed by atoms with Crippen molar-refractivity contribution in [3.05, 3.63) is 24.3 Å². The molecule has 0 aliphatic carbocycles. The Morgan fingerprint density at radius 3 is 2.33 bits per heavy atom. The molecule has 0 fully saturated rings. The molecule has 15 heavy (non-hydrogen) atoms. The van der Waals surface area contributed by atoms with E-state index in [1.54, 1.807) is 7.11 Å². The van der Waals surface area contributed by atoms with E-state index >= 15 is 0 Å². The summed E-state index contributed by atoms with van der Waals surface area (Å²) >= 11 is 1.86. The summed E-state index contributed by atoms with van der Waals surface area (Å²) in [7, 11) is 1.68. The van der Waals surface area contributed by atoms with E-state index in [4.69, 9.17) is 10.5 Å². The molecular formula is C12H19NOS. The fraction of sp³-hybridized carbons (Fsp3) is 0.500. The molecule has 0 aromatic heterocycles. The van der Waals surface area contributed by atoms with Crippen molar-refractivity contribution in [3.63, 3.8) is 0 Å². The first-order valence-electron chi connectivity index (χ1n) is 5.18. The summed E-state index contributed by atoms with van der Waals surface area (Å²) in [5.74, 6) is 0.902. The minimum Gasteiger partial charge on any atom is -0.497 e. The molecule has 0 heterocycles. The van der Waals surface area contributed by atoms with Crippen LogP contribution in [-0.4, -0.2) is 18.4 Å². The Balaban J connectivity index is 2.49. The lowest BCUT2D eigenvalue weighted by Gasteiger charge is -2.13. The number of methoxy groups -OCH3 is 1. The van der Waals surface area contributed by atoms with Crippen molar-refractivity contribution in [2.75, 3.05) is 7.11 Å². The Bertz CT molecular complexity index is 284. The van der Waals surface area contributed by atoms with Gasteiger partial charge < -0.3 is 10.5 Å². The van der Waals surface area contributed by atoms with Crippen LogP contribution in [0, 0.1) is 0 Å². The van der Waals surface area contributed by atoms with Crippen molar-refractivity contribution >= 4 is 11.8 Å². The highest BCUT2D eigenvalue weighted by Crippen LogP contribution is 2.27. The molecule has 2 atom stereocenters. The Morgan fingerprint density at radius 1 is 1.27 bits per heavy atom. The number of ether oxygens (including phenoxy) is 1. The van der Waals surface area contributed by atoms with Crippen LogP contribution in [0.4, 0.5) is 0 Å². The fourth-order valence-electron chi connectivity index (χ4n) is 1.46. The van der Waals surface area contributed by atoms with E-state index in [-0.39, 0.29) is 6.04 Å². The number of hydrogen-bond acceptors (Lipinski definition) is 3. The van der Waals surface area contributed by atoms with E-state index in [2.05, 4.69) is 19.1 Å². The Hall–Kier alpha value is -0.670. The van der Waals surface area contributed by atoms with Gasteiger partial charge in [0.15, 0.2) is 0 Å². The van der Waals surface area contributed by atoms with E-state index in [0.717, 1.165) is 12.2 Å². The van der Waals surface area contributed by atoms with Gasteiger partial charge in [-0.25, -0.2) is 0 Å². The van der Waals surface area contributed by atoms with E-state index in [1.807, 2.05) is 30.8 Å². The van der Waals surface area contributed by atoms with Gasteiger partial charge in [-0.1, -0.05) is 6.92 Å². The second-order valence-corrected chi connectivity index (χ2v) is 5.33. The third-order valence-corrected chi connectivity index (χ3v) is 3.24. The minimum absolute atomic E-state index is 0.269. The first-order valence-corrected chi connectivity index (χ1v) is 6.06. The molecule has 2 N–H and O–H groups in total. The largest absolute Gasteiger partial charge is 0.497 e. The maximum absolute atomic E-state index is 5.76. The van der Waals surface area contributed by atoms with Crippen LogP contribution in [0.1, 0.15) is 20.3 Å². The van der Waals surface area contributed by atoms with Crippen molar-refractivity contribution < 1.29 is 4.74 Å². The van der Waals surface area contributed by atoms with Gasteiger partial charge in [0.1, 0.15) is 5.75 Å². The predicted octanol–water partition coefficient (Wildman–Crippen LogP) is 2.91. The molecule has 3 heteroatoms. The van der Waals surface area contributed by atoms with Crippen molar-refractivity contribution in [2.24, 2.45) is 5.73 Å². The molecule has 2 nitrogen and oxygen atoms in total. The van der Waals surface area contributed by atoms with Crippen LogP contribution in [0.15, 0.2) is 29.2 Å². The molecule has 0 aliphatic heterocycles. The van der Waals surface area contributed by atoms with Crippen LogP contribution in [0.2, 0.25) is 0 Å². The van der Waals surface area contributed by atoms with Gasteiger partial charge in [-0.3, -0.25) is 0 Å². The van der Waals surface area contributed by atoms with Gasteiger partial charge >= 0.3 is 0 Å². The van der Waals surface area contributed by atoms with Crippen LogP contribution in [0.3, 0.4) is 0 Å². The zero-order valence-corrected chi connectivity index (χ0v) is 10.4. The normalized spacial score (nSPS) is 14.7. The second kappa shape index (κ2) is 6.03. The molecular weight excluding hydrogens is 206 g/mol. The number of benzene rings is 1. The average Bonchev–Trinajstić information content (AvgIpc) is 2.17. The summed E-state index contributed by atoms with van der Waals surface area (Å²) in [6, 6.07) is 8.41. The van der Waals surface area contributed by atoms with Crippen LogP contribution < -0.4 is 10.5 Å². The SMILES string of the molecule is COc1ccc(SC(C)CC(C)N)cc1. The van der Waals surface area contributed by atoms with E-state index < -0.39 is 0 Å². The minimum atomic E-state index is 0.269. The maximum Gasteiger partial charge on any atom is 0.118 e. The highest BCUT2D eigenvalue weighted by Gasteiger charge is 2.06. The van der Waals surface area contributed by atoms with Crippen molar-refractivity contribution in [3.8, 4) is 5.75 Å². The van der Waals surface area contributed by atoms with Gasteiger partial charge in [0.2, 0.25) is 0 Å². The predicted molar refractivity (Wildman–Crippen MR) is 66.6 cm³/mol. The monoisotopic (exact) mass is 225 g/mol. The zero-order valence-electron chi connectivity index (χ0n) is 9.57. The first-order chi connectivity index (χ1) is 7.11. The number of thioether (sulfide) groups is 1. The number of rotatable bonds is 5. The number of hydrogen-bond donors (Lipinski definition) is 1. The molecule has 0 saturated heterocycles. The highest BCUT2D eigenvalue weighted by atomic mass is 32.2. The van der Waals surface area contributed by atoms with Crippen molar-refractivity contribution in [2.45, 2.75) is 36.5 Å². The zero-order chi connectivity index (χ0) is 11.3. The summed E-state index contributed by atoms with van der Waals surface area (Å²) in [5, 5.41) is 0.554. The Labute approximate surface area is 96.2 Å². The van der Waals surface area contributed by atoms with Crippen LogP contribution in [0.5, 0.6) is 5.75 Å². The molecule has 2 unspecified atom stereocenters. The van der Waals surface area contributed by atoms with Crippen molar-refractivity contribution in [1.29, 1.82) is 0 Å². The molecule has 0 aliphatic rings. The smallest absolute Gasteiger partial charge is 0.118 e. The number of nitrogens with two attached hydrogens (primary N) is 1. The average molecular weight is 225 g/mol. The quantitative estimate of drug-likeness (QED) is 0.783. The van der Waals surface area contributed by atoms with Crippen LogP contribution in [-0.2, 0) is 0 Å². The summed E-state index contributed by atoms with van der Waals surface area (Å²) < 4.78 is 5.11. The second-order valence-electron chi connectivity index (χ2n) is 3.82. The van der Waals surface area contributed by atoms with E-state index in [1.165, 1.54) is 4.90 Å². The molecule has 0 bridgehead atoms. The van der Waals surface area contributed by atoms with Gasteiger partial charge in [0.05, 0.1) is 7.11 Å². The molecule has 1 rings (SSSR count). The van der Waals surface area contributed by atoms with Gasteiger partial charge in [-0.15, -0.1) is 11.8 Å². The molecule has 0 amide bonds. The fourth-order valence-corrected chi connectivity index (χ4v) is 2.62. The molecule has 84 valence electrons. The van der Waals surface area contributed by atoms with E-state index in [9.17, 15) is 0 Å². The van der Waals surface area contributed by atoms with Gasteiger partial charge in [0, 0.05) is 16.2 Å². The van der Waals surface area contributed by atoms with Crippen LogP contribution in [0.25, 0.3) is 0 Å². The lowest BCUT2D eigenvalue weighted by molar-refractivity contribution is 0.414. The summed E-state index contributed by atoms with van der Waals surface area (Å²) in [6.07, 6.45) is 1.04. The van der Waals surface area contributed by atoms with E-state index in [0.29, 0.717) is 5.25 Å². The standard InChI is InChI=1S/C12H19NOS/c1-9(13)8-10(2)15-12-6-4-11(14-3)5-7-12/h4-7,9-10H,8,13H2,1-3H3. The summed E-state index contributed by atoms with van der Waals surface area (Å²) in [5.41, 5.74) is 5.76. The first kappa shape index (κ1) is 12.4. The molecule has 1 aromatic rings. The van der Waals surface area contributed by atoms with Gasteiger partial charge in [0.25, 0.3) is 0 Å². The van der Waals surface area contributed by atoms with Gasteiger partial charge in [-0.05, 0) is 37.6 Å². The van der Waals surface area contributed by atoms with Crippen LogP contribution >= 0.6 is 11.8 Å². The topological polar surface area (TPSA) is 35.2 Å². The Kier molecular flexibility index (Phi) is 4.99. The van der Waals surface area contributed by atoms with Gasteiger partial charge in [-0.2, -0.15) is 0 Å². The lowest BCUT2D eigenvalue weighted by Crippen LogP contribution is -2.19. The summed E-state index contributed by atoms with van der Waals surface area (Å²) in [4.78, 5) is 1.27. The summed E-state index contributed by atoms with van der Waals surface area (Å²) in [6.45, 7) is 4.25. The molecule has 0 spiro atoms. The third kappa shape index (κ3) is 4.58. The Morgan fingerprint density at radius 2 is 1.87 bits per heavy atom. The molecule has 0 saturated carbocycles. The lowest BCUT2D eigenvalue weighted by atomic mass is 10.2. The molecule has 0 radical (unpaired) electrons.